The number of benzene rings is 1. The highest BCUT2D eigenvalue weighted by Crippen LogP contribution is 2.22. The van der Waals surface area contributed by atoms with Gasteiger partial charge in [-0.2, -0.15) is 0 Å². The Morgan fingerprint density at radius 3 is 2.45 bits per heavy atom. The molecule has 0 aliphatic rings. The van der Waals surface area contributed by atoms with Gasteiger partial charge in [0.1, 0.15) is 11.5 Å². The van der Waals surface area contributed by atoms with Crippen molar-refractivity contribution in [2.24, 2.45) is 0 Å². The van der Waals surface area contributed by atoms with E-state index in [2.05, 4.69) is 10.3 Å². The fourth-order valence-electron chi connectivity index (χ4n) is 1.73. The number of hydrogen-bond donors (Lipinski definition) is 1. The molecule has 0 fully saturated rings. The summed E-state index contributed by atoms with van der Waals surface area (Å²) in [6.07, 6.45) is 3.41. The standard InChI is InChI=1S/C15H16N2O3/c1-19-13-6-12(7-14(8-13)20-2)15(18)17-10-11-4-3-5-16-9-11/h3-9H,10H2,1-2H3,(H,17,18). The number of rotatable bonds is 5. The van der Waals surface area contributed by atoms with Crippen molar-refractivity contribution in [3.8, 4) is 11.5 Å². The first-order valence-electron chi connectivity index (χ1n) is 6.13. The lowest BCUT2D eigenvalue weighted by atomic mass is 10.2. The molecule has 0 spiro atoms. The number of aromatic nitrogens is 1. The summed E-state index contributed by atoms with van der Waals surface area (Å²) in [7, 11) is 3.10. The van der Waals surface area contributed by atoms with Crippen LogP contribution in [0.5, 0.6) is 11.5 Å². The lowest BCUT2D eigenvalue weighted by molar-refractivity contribution is 0.0950. The number of amides is 1. The number of pyridine rings is 1. The highest BCUT2D eigenvalue weighted by molar-refractivity contribution is 5.95. The molecule has 5 nitrogen and oxygen atoms in total. The Balaban J connectivity index is 2.08. The molecule has 20 heavy (non-hydrogen) atoms. The molecular weight excluding hydrogens is 256 g/mol. The van der Waals surface area contributed by atoms with Crippen molar-refractivity contribution in [1.29, 1.82) is 0 Å². The van der Waals surface area contributed by atoms with Crippen molar-refractivity contribution in [2.75, 3.05) is 14.2 Å². The first-order chi connectivity index (χ1) is 9.72. The average Bonchev–Trinajstić information content (AvgIpc) is 2.52. The van der Waals surface area contributed by atoms with Crippen LogP contribution in [0.15, 0.2) is 42.7 Å². The summed E-state index contributed by atoms with van der Waals surface area (Å²) in [5.41, 5.74) is 1.43. The molecule has 0 saturated carbocycles. The fourth-order valence-corrected chi connectivity index (χ4v) is 1.73. The van der Waals surface area contributed by atoms with Gasteiger partial charge in [0.05, 0.1) is 14.2 Å². The Labute approximate surface area is 117 Å². The van der Waals surface area contributed by atoms with Crippen LogP contribution < -0.4 is 14.8 Å². The molecule has 5 heteroatoms. The zero-order chi connectivity index (χ0) is 14.4. The molecule has 0 atom stereocenters. The van der Waals surface area contributed by atoms with E-state index in [1.54, 1.807) is 44.8 Å². The number of nitrogens with zero attached hydrogens (tertiary/aromatic N) is 1. The number of ether oxygens (including phenoxy) is 2. The van der Waals surface area contributed by atoms with Gasteiger partial charge < -0.3 is 14.8 Å². The summed E-state index contributed by atoms with van der Waals surface area (Å²) in [6.45, 7) is 0.423. The first kappa shape index (κ1) is 13.9. The molecule has 1 amide bonds. The van der Waals surface area contributed by atoms with Gasteiger partial charge in [0.25, 0.3) is 5.91 Å². The minimum Gasteiger partial charge on any atom is -0.497 e. The minimum absolute atomic E-state index is 0.189. The van der Waals surface area contributed by atoms with Crippen LogP contribution in [-0.2, 0) is 6.54 Å². The van der Waals surface area contributed by atoms with E-state index >= 15 is 0 Å². The summed E-state index contributed by atoms with van der Waals surface area (Å²) in [5, 5.41) is 2.83. The predicted octanol–water partition coefficient (Wildman–Crippen LogP) is 2.03. The molecular formula is C15H16N2O3. The van der Waals surface area contributed by atoms with Crippen LogP contribution in [0.2, 0.25) is 0 Å². The van der Waals surface area contributed by atoms with Gasteiger partial charge in [-0.15, -0.1) is 0 Å². The second-order valence-corrected chi connectivity index (χ2v) is 4.15. The zero-order valence-corrected chi connectivity index (χ0v) is 11.4. The van der Waals surface area contributed by atoms with Gasteiger partial charge in [0, 0.05) is 30.6 Å². The highest BCUT2D eigenvalue weighted by atomic mass is 16.5. The number of hydrogen-bond acceptors (Lipinski definition) is 4. The Morgan fingerprint density at radius 2 is 1.90 bits per heavy atom. The Bertz CT molecular complexity index is 563. The van der Waals surface area contributed by atoms with E-state index in [1.165, 1.54) is 0 Å². The molecule has 0 radical (unpaired) electrons. The number of nitrogens with one attached hydrogen (secondary N) is 1. The van der Waals surface area contributed by atoms with E-state index in [4.69, 9.17) is 9.47 Å². The van der Waals surface area contributed by atoms with Crippen LogP contribution in [0.25, 0.3) is 0 Å². The normalized spacial score (nSPS) is 9.90. The fraction of sp³-hybridized carbons (Fsp3) is 0.200. The third kappa shape index (κ3) is 3.47. The quantitative estimate of drug-likeness (QED) is 0.904. The largest absolute Gasteiger partial charge is 0.497 e. The van der Waals surface area contributed by atoms with Crippen molar-refractivity contribution >= 4 is 5.91 Å². The third-order valence-corrected chi connectivity index (χ3v) is 2.79. The lowest BCUT2D eigenvalue weighted by Crippen LogP contribution is -2.22. The van der Waals surface area contributed by atoms with Gasteiger partial charge in [-0.1, -0.05) is 6.07 Å². The number of carbonyl (C=O) groups is 1. The average molecular weight is 272 g/mol. The molecule has 0 aliphatic heterocycles. The summed E-state index contributed by atoms with van der Waals surface area (Å²) in [4.78, 5) is 16.1. The summed E-state index contributed by atoms with van der Waals surface area (Å²) < 4.78 is 10.3. The van der Waals surface area contributed by atoms with Crippen LogP contribution >= 0.6 is 0 Å². The molecule has 1 aromatic heterocycles. The van der Waals surface area contributed by atoms with Crippen LogP contribution in [0.3, 0.4) is 0 Å². The topological polar surface area (TPSA) is 60.5 Å². The van der Waals surface area contributed by atoms with Crippen LogP contribution in [0, 0.1) is 0 Å². The van der Waals surface area contributed by atoms with E-state index in [0.717, 1.165) is 5.56 Å². The van der Waals surface area contributed by atoms with E-state index < -0.39 is 0 Å². The molecule has 1 N–H and O–H groups in total. The molecule has 0 saturated heterocycles. The van der Waals surface area contributed by atoms with E-state index in [1.807, 2.05) is 12.1 Å². The van der Waals surface area contributed by atoms with E-state index in [0.29, 0.717) is 23.6 Å². The third-order valence-electron chi connectivity index (χ3n) is 2.79. The second-order valence-electron chi connectivity index (χ2n) is 4.15. The molecule has 0 aliphatic carbocycles. The highest BCUT2D eigenvalue weighted by Gasteiger charge is 2.09. The van der Waals surface area contributed by atoms with Gasteiger partial charge in [-0.25, -0.2) is 0 Å². The maximum Gasteiger partial charge on any atom is 0.251 e. The van der Waals surface area contributed by atoms with Crippen molar-refractivity contribution in [3.05, 3.63) is 53.9 Å². The van der Waals surface area contributed by atoms with Gasteiger partial charge >= 0.3 is 0 Å². The Morgan fingerprint density at radius 1 is 1.20 bits per heavy atom. The monoisotopic (exact) mass is 272 g/mol. The zero-order valence-electron chi connectivity index (χ0n) is 11.4. The van der Waals surface area contributed by atoms with Gasteiger partial charge in [0.15, 0.2) is 0 Å². The number of methoxy groups -OCH3 is 2. The van der Waals surface area contributed by atoms with Gasteiger partial charge in [-0.05, 0) is 23.8 Å². The molecule has 1 heterocycles. The van der Waals surface area contributed by atoms with Crippen LogP contribution in [-0.4, -0.2) is 25.1 Å². The Hall–Kier alpha value is -2.56. The summed E-state index contributed by atoms with van der Waals surface area (Å²) in [6, 6.07) is 8.79. The van der Waals surface area contributed by atoms with Crippen molar-refractivity contribution in [2.45, 2.75) is 6.54 Å². The summed E-state index contributed by atoms with van der Waals surface area (Å²) in [5.74, 6) is 0.970. The molecule has 0 bridgehead atoms. The SMILES string of the molecule is COc1cc(OC)cc(C(=O)NCc2cccnc2)c1. The summed E-state index contributed by atoms with van der Waals surface area (Å²) >= 11 is 0. The van der Waals surface area contributed by atoms with Crippen molar-refractivity contribution < 1.29 is 14.3 Å². The second kappa shape index (κ2) is 6.56. The van der Waals surface area contributed by atoms with Crippen molar-refractivity contribution in [1.82, 2.24) is 10.3 Å². The molecule has 0 unspecified atom stereocenters. The molecule has 2 rings (SSSR count). The Kier molecular flexibility index (Phi) is 4.55. The first-order valence-corrected chi connectivity index (χ1v) is 6.13. The molecule has 104 valence electrons. The minimum atomic E-state index is -0.189. The van der Waals surface area contributed by atoms with E-state index in [-0.39, 0.29) is 5.91 Å². The van der Waals surface area contributed by atoms with Crippen LogP contribution in [0.4, 0.5) is 0 Å². The smallest absolute Gasteiger partial charge is 0.251 e. The van der Waals surface area contributed by atoms with Gasteiger partial charge in [-0.3, -0.25) is 9.78 Å². The van der Waals surface area contributed by atoms with Crippen LogP contribution in [0.1, 0.15) is 15.9 Å². The predicted molar refractivity (Wildman–Crippen MR) is 75.0 cm³/mol. The number of carbonyl (C=O) groups excluding carboxylic acids is 1. The maximum atomic E-state index is 12.1. The van der Waals surface area contributed by atoms with Gasteiger partial charge in [0.2, 0.25) is 0 Å². The van der Waals surface area contributed by atoms with Crippen molar-refractivity contribution in [3.63, 3.8) is 0 Å². The maximum absolute atomic E-state index is 12.1. The lowest BCUT2D eigenvalue weighted by Gasteiger charge is -2.09. The molecule has 2 aromatic rings. The molecule has 1 aromatic carbocycles. The van der Waals surface area contributed by atoms with E-state index in [9.17, 15) is 4.79 Å².